The predicted molar refractivity (Wildman–Crippen MR) is 121 cm³/mol. The first-order valence-corrected chi connectivity index (χ1v) is 10.7. The summed E-state index contributed by atoms with van der Waals surface area (Å²) in [4.78, 5) is 26.2. The number of phenolic OH excluding ortho intramolecular Hbond substituents is 1. The van der Waals surface area contributed by atoms with Crippen LogP contribution in [0.5, 0.6) is 5.75 Å². The zero-order valence-corrected chi connectivity index (χ0v) is 18.6. The van der Waals surface area contributed by atoms with Crippen molar-refractivity contribution < 1.29 is 9.84 Å². The molecule has 158 valence electrons. The molecule has 0 fully saturated rings. The number of nitrogens with zero attached hydrogens (tertiary/aromatic N) is 3. The van der Waals surface area contributed by atoms with Gasteiger partial charge in [0.2, 0.25) is 0 Å². The zero-order valence-electron chi connectivity index (χ0n) is 17.0. The van der Waals surface area contributed by atoms with Crippen LogP contribution in [0.1, 0.15) is 17.4 Å². The van der Waals surface area contributed by atoms with Gasteiger partial charge in [0, 0.05) is 36.2 Å². The van der Waals surface area contributed by atoms with Crippen LogP contribution in [0, 0.1) is 0 Å². The number of phenols is 1. The fourth-order valence-corrected chi connectivity index (χ4v) is 4.86. The Bertz CT molecular complexity index is 1460. The van der Waals surface area contributed by atoms with E-state index in [1.807, 2.05) is 34.9 Å². The summed E-state index contributed by atoms with van der Waals surface area (Å²) in [6.07, 6.45) is -0.615. The number of aryl methyl sites for hydroxylation is 1. The van der Waals surface area contributed by atoms with E-state index in [0.717, 1.165) is 20.3 Å². The van der Waals surface area contributed by atoms with Gasteiger partial charge in [-0.1, -0.05) is 46.3 Å². The first kappa shape index (κ1) is 19.8. The van der Waals surface area contributed by atoms with Crippen molar-refractivity contribution in [2.45, 2.75) is 12.6 Å². The quantitative estimate of drug-likeness (QED) is 0.476. The molecule has 3 heterocycles. The van der Waals surface area contributed by atoms with Gasteiger partial charge in [-0.3, -0.25) is 13.9 Å². The molecule has 0 spiro atoms. The molecular formula is C23H20BrN3O4. The standard InChI is InChI=1S/C23H20BrN3O4/c1-25-19-17(22(29)26(2)23(25)30)18(13-6-5-7-14(24)12-13)27-10-11-31-21(20(19)27)15-8-3-4-9-16(15)28/h3-9,12,21,28H,10-11H2,1-2H3/t21-/m0/s1. The van der Waals surface area contributed by atoms with E-state index in [-0.39, 0.29) is 11.3 Å². The summed E-state index contributed by atoms with van der Waals surface area (Å²) in [6, 6.07) is 14.7. The van der Waals surface area contributed by atoms with Gasteiger partial charge in [-0.25, -0.2) is 4.79 Å². The number of ether oxygens (including phenoxy) is 1. The number of benzene rings is 2. The first-order valence-electron chi connectivity index (χ1n) is 9.87. The average molecular weight is 482 g/mol. The first-order chi connectivity index (χ1) is 14.9. The number of rotatable bonds is 2. The highest BCUT2D eigenvalue weighted by Gasteiger charge is 2.34. The fourth-order valence-electron chi connectivity index (χ4n) is 4.46. The van der Waals surface area contributed by atoms with Crippen LogP contribution < -0.4 is 11.2 Å². The number of aromatic nitrogens is 3. The molecule has 4 aromatic rings. The summed E-state index contributed by atoms with van der Waals surface area (Å²) < 4.78 is 11.7. The summed E-state index contributed by atoms with van der Waals surface area (Å²) in [7, 11) is 3.15. The second-order valence-electron chi connectivity index (χ2n) is 7.63. The maximum absolute atomic E-state index is 13.3. The van der Waals surface area contributed by atoms with E-state index >= 15 is 0 Å². The van der Waals surface area contributed by atoms with Gasteiger partial charge in [0.05, 0.1) is 28.9 Å². The second kappa shape index (κ2) is 7.25. The zero-order chi connectivity index (χ0) is 21.9. The molecular weight excluding hydrogens is 462 g/mol. The number of fused-ring (bicyclic) bond motifs is 3. The van der Waals surface area contributed by atoms with E-state index in [2.05, 4.69) is 15.9 Å². The van der Waals surface area contributed by atoms with Gasteiger partial charge >= 0.3 is 5.69 Å². The molecule has 5 rings (SSSR count). The second-order valence-corrected chi connectivity index (χ2v) is 8.55. The molecule has 1 N–H and O–H groups in total. The third-order valence-electron chi connectivity index (χ3n) is 5.87. The molecule has 1 aliphatic heterocycles. The third-order valence-corrected chi connectivity index (χ3v) is 6.36. The molecule has 0 unspecified atom stereocenters. The summed E-state index contributed by atoms with van der Waals surface area (Å²) in [5.74, 6) is 0.105. The van der Waals surface area contributed by atoms with Crippen LogP contribution in [-0.4, -0.2) is 25.4 Å². The molecule has 0 saturated carbocycles. The molecule has 0 saturated heterocycles. The Hall–Kier alpha value is -3.10. The van der Waals surface area contributed by atoms with Crippen LogP contribution in [0.3, 0.4) is 0 Å². The summed E-state index contributed by atoms with van der Waals surface area (Å²) in [5.41, 5.74) is 2.65. The normalized spacial score (nSPS) is 15.9. The van der Waals surface area contributed by atoms with Crippen molar-refractivity contribution in [2.24, 2.45) is 14.1 Å². The molecule has 1 aliphatic rings. The monoisotopic (exact) mass is 481 g/mol. The number of aromatic hydroxyl groups is 1. The summed E-state index contributed by atoms with van der Waals surface area (Å²) in [5, 5.41) is 11.0. The molecule has 7 nitrogen and oxygen atoms in total. The largest absolute Gasteiger partial charge is 0.508 e. The molecule has 0 amide bonds. The van der Waals surface area contributed by atoms with Crippen LogP contribution in [-0.2, 0) is 25.4 Å². The van der Waals surface area contributed by atoms with Crippen molar-refractivity contribution in [3.63, 3.8) is 0 Å². The third kappa shape index (κ3) is 2.90. The molecule has 0 aliphatic carbocycles. The minimum Gasteiger partial charge on any atom is -0.508 e. The van der Waals surface area contributed by atoms with E-state index in [0.29, 0.717) is 35.3 Å². The van der Waals surface area contributed by atoms with Crippen molar-refractivity contribution in [3.8, 4) is 17.0 Å². The topological polar surface area (TPSA) is 78.4 Å². The molecule has 0 bridgehead atoms. The SMILES string of the molecule is Cn1c(=O)c2c(-c3cccc(Br)c3)n3c(c2n(C)c1=O)[C@H](c1ccccc1O)OCC3. The fraction of sp³-hybridized carbons (Fsp3) is 0.217. The maximum Gasteiger partial charge on any atom is 0.331 e. The van der Waals surface area contributed by atoms with Gasteiger partial charge in [0.1, 0.15) is 11.9 Å². The number of halogens is 1. The van der Waals surface area contributed by atoms with Crippen LogP contribution in [0.25, 0.3) is 22.2 Å². The summed E-state index contributed by atoms with van der Waals surface area (Å²) >= 11 is 3.52. The Morgan fingerprint density at radius 2 is 1.84 bits per heavy atom. The van der Waals surface area contributed by atoms with Gasteiger partial charge in [-0.15, -0.1) is 0 Å². The lowest BCUT2D eigenvalue weighted by Gasteiger charge is -2.28. The molecule has 8 heteroatoms. The molecule has 31 heavy (non-hydrogen) atoms. The van der Waals surface area contributed by atoms with Gasteiger partial charge in [-0.05, 0) is 18.2 Å². The van der Waals surface area contributed by atoms with Gasteiger partial charge in [0.15, 0.2) is 0 Å². The van der Waals surface area contributed by atoms with Crippen LogP contribution >= 0.6 is 15.9 Å². The Balaban J connectivity index is 1.98. The number of para-hydroxylation sites is 1. The highest BCUT2D eigenvalue weighted by atomic mass is 79.9. The molecule has 2 aromatic heterocycles. The van der Waals surface area contributed by atoms with Gasteiger partial charge in [-0.2, -0.15) is 0 Å². The van der Waals surface area contributed by atoms with E-state index in [1.165, 1.54) is 11.6 Å². The predicted octanol–water partition coefficient (Wildman–Crippen LogP) is 3.29. The Labute approximate surface area is 185 Å². The van der Waals surface area contributed by atoms with Crippen molar-refractivity contribution in [1.82, 2.24) is 13.7 Å². The van der Waals surface area contributed by atoms with E-state index in [9.17, 15) is 14.7 Å². The lowest BCUT2D eigenvalue weighted by Crippen LogP contribution is -2.37. The number of hydrogen-bond acceptors (Lipinski definition) is 4. The highest BCUT2D eigenvalue weighted by Crippen LogP contribution is 2.42. The maximum atomic E-state index is 13.3. The lowest BCUT2D eigenvalue weighted by molar-refractivity contribution is 0.0464. The van der Waals surface area contributed by atoms with Gasteiger partial charge in [0.25, 0.3) is 5.56 Å². The van der Waals surface area contributed by atoms with E-state index < -0.39 is 11.8 Å². The summed E-state index contributed by atoms with van der Waals surface area (Å²) in [6.45, 7) is 0.926. The smallest absolute Gasteiger partial charge is 0.331 e. The molecule has 0 radical (unpaired) electrons. The minimum atomic E-state index is -0.615. The van der Waals surface area contributed by atoms with Crippen molar-refractivity contribution in [2.75, 3.05) is 6.61 Å². The number of hydrogen-bond donors (Lipinski definition) is 1. The molecule has 1 atom stereocenters. The van der Waals surface area contributed by atoms with Crippen molar-refractivity contribution >= 4 is 26.8 Å². The Morgan fingerprint density at radius 1 is 1.06 bits per heavy atom. The van der Waals surface area contributed by atoms with Crippen molar-refractivity contribution in [1.29, 1.82) is 0 Å². The van der Waals surface area contributed by atoms with Crippen LogP contribution in [0.15, 0.2) is 62.6 Å². The Kier molecular flexibility index (Phi) is 4.64. The Morgan fingerprint density at radius 3 is 2.58 bits per heavy atom. The van der Waals surface area contributed by atoms with Crippen LogP contribution in [0.2, 0.25) is 0 Å². The van der Waals surface area contributed by atoms with Crippen LogP contribution in [0.4, 0.5) is 0 Å². The lowest BCUT2D eigenvalue weighted by atomic mass is 10.0. The molecule has 2 aromatic carbocycles. The van der Waals surface area contributed by atoms with E-state index in [1.54, 1.807) is 25.2 Å². The van der Waals surface area contributed by atoms with Crippen molar-refractivity contribution in [3.05, 3.63) is 85.1 Å². The average Bonchev–Trinajstić information content (AvgIpc) is 3.12. The van der Waals surface area contributed by atoms with Gasteiger partial charge < -0.3 is 14.4 Å². The minimum absolute atomic E-state index is 0.105. The highest BCUT2D eigenvalue weighted by molar-refractivity contribution is 9.10. The van der Waals surface area contributed by atoms with E-state index in [4.69, 9.17) is 4.74 Å².